The smallest absolute Gasteiger partial charge is 0.219 e. The van der Waals surface area contributed by atoms with Crippen LogP contribution in [0.2, 0.25) is 0 Å². The van der Waals surface area contributed by atoms with Crippen LogP contribution in [-0.2, 0) is 4.79 Å². The summed E-state index contributed by atoms with van der Waals surface area (Å²) in [5.41, 5.74) is 4.88. The van der Waals surface area contributed by atoms with E-state index in [-0.39, 0.29) is 11.4 Å². The average molecular weight is 182 g/mol. The van der Waals surface area contributed by atoms with E-state index in [0.29, 0.717) is 6.42 Å². The molecular formula is C10H18N2O. The normalized spacial score (nSPS) is 10.8. The highest BCUT2D eigenvalue weighted by Gasteiger charge is 2.18. The minimum Gasteiger partial charge on any atom is -0.370 e. The molecule has 3 nitrogen and oxygen atoms in total. The molecule has 0 fully saturated rings. The molecule has 13 heavy (non-hydrogen) atoms. The van der Waals surface area contributed by atoms with Crippen molar-refractivity contribution in [3.63, 3.8) is 0 Å². The van der Waals surface area contributed by atoms with E-state index in [1.54, 1.807) is 0 Å². The maximum Gasteiger partial charge on any atom is 0.219 e. The van der Waals surface area contributed by atoms with Crippen molar-refractivity contribution in [2.45, 2.75) is 38.6 Å². The molecule has 0 aromatic rings. The first kappa shape index (κ1) is 12.0. The van der Waals surface area contributed by atoms with Gasteiger partial charge in [0.15, 0.2) is 0 Å². The molecule has 3 N–H and O–H groups in total. The Morgan fingerprint density at radius 3 is 2.69 bits per heavy atom. The summed E-state index contributed by atoms with van der Waals surface area (Å²) in [6.07, 6.45) is 7.15. The molecule has 0 saturated carbocycles. The van der Waals surface area contributed by atoms with E-state index in [0.717, 1.165) is 19.4 Å². The fourth-order valence-electron chi connectivity index (χ4n) is 1.12. The molecule has 3 heteroatoms. The number of amides is 1. The van der Waals surface area contributed by atoms with Crippen LogP contribution in [0.15, 0.2) is 0 Å². The van der Waals surface area contributed by atoms with Crippen molar-refractivity contribution in [3.8, 4) is 12.3 Å². The number of hydrogen-bond acceptors (Lipinski definition) is 2. The van der Waals surface area contributed by atoms with Crippen molar-refractivity contribution in [2.75, 3.05) is 6.54 Å². The van der Waals surface area contributed by atoms with Gasteiger partial charge in [-0.25, -0.2) is 0 Å². The highest BCUT2D eigenvalue weighted by Crippen LogP contribution is 2.07. The van der Waals surface area contributed by atoms with Gasteiger partial charge in [-0.2, -0.15) is 0 Å². The van der Waals surface area contributed by atoms with E-state index in [1.807, 2.05) is 13.8 Å². The van der Waals surface area contributed by atoms with E-state index in [1.165, 1.54) is 0 Å². The molecule has 0 saturated heterocycles. The fraction of sp³-hybridized carbons (Fsp3) is 0.700. The topological polar surface area (TPSA) is 55.1 Å². The molecule has 0 aromatic heterocycles. The van der Waals surface area contributed by atoms with Gasteiger partial charge in [0.25, 0.3) is 0 Å². The van der Waals surface area contributed by atoms with Gasteiger partial charge in [-0.3, -0.25) is 4.79 Å². The minimum absolute atomic E-state index is 0.222. The third-order valence-electron chi connectivity index (χ3n) is 1.72. The lowest BCUT2D eigenvalue weighted by Crippen LogP contribution is -2.43. The lowest BCUT2D eigenvalue weighted by molar-refractivity contribution is -0.119. The predicted molar refractivity (Wildman–Crippen MR) is 54.0 cm³/mol. The highest BCUT2D eigenvalue weighted by molar-refractivity contribution is 5.74. The predicted octanol–water partition coefficient (Wildman–Crippen LogP) is 0.643. The van der Waals surface area contributed by atoms with Gasteiger partial charge in [0.2, 0.25) is 5.91 Å². The first-order chi connectivity index (χ1) is 5.98. The molecule has 0 rings (SSSR count). The van der Waals surface area contributed by atoms with Crippen molar-refractivity contribution in [2.24, 2.45) is 5.73 Å². The van der Waals surface area contributed by atoms with Crippen molar-refractivity contribution in [1.82, 2.24) is 5.32 Å². The van der Waals surface area contributed by atoms with Crippen molar-refractivity contribution >= 4 is 5.91 Å². The van der Waals surface area contributed by atoms with Crippen LogP contribution < -0.4 is 11.1 Å². The summed E-state index contributed by atoms with van der Waals surface area (Å²) in [6, 6.07) is 0. The standard InChI is InChI=1S/C10H18N2O/c1-4-5-6-7-12-10(2,3)8-9(11)13/h1,12H,5-8H2,2-3H3,(H2,11,13). The lowest BCUT2D eigenvalue weighted by atomic mass is 10.0. The van der Waals surface area contributed by atoms with Crippen LogP contribution in [0.4, 0.5) is 0 Å². The number of nitrogens with one attached hydrogen (secondary N) is 1. The second kappa shape index (κ2) is 5.60. The number of terminal acetylenes is 1. The quantitative estimate of drug-likeness (QED) is 0.468. The van der Waals surface area contributed by atoms with Gasteiger partial charge in [-0.1, -0.05) is 0 Å². The van der Waals surface area contributed by atoms with Gasteiger partial charge in [-0.05, 0) is 26.8 Å². The van der Waals surface area contributed by atoms with Crippen LogP contribution >= 0.6 is 0 Å². The van der Waals surface area contributed by atoms with Crippen LogP contribution in [0.5, 0.6) is 0 Å². The zero-order valence-electron chi connectivity index (χ0n) is 8.39. The molecule has 0 aliphatic carbocycles. The summed E-state index contributed by atoms with van der Waals surface area (Å²) in [5, 5.41) is 3.23. The van der Waals surface area contributed by atoms with E-state index in [9.17, 15) is 4.79 Å². The minimum atomic E-state index is -0.283. The lowest BCUT2D eigenvalue weighted by Gasteiger charge is -2.24. The molecule has 74 valence electrons. The SMILES string of the molecule is C#CCCCNC(C)(C)CC(N)=O. The second-order valence-electron chi connectivity index (χ2n) is 3.76. The molecular weight excluding hydrogens is 164 g/mol. The number of unbranched alkanes of at least 4 members (excludes halogenated alkanes) is 1. The van der Waals surface area contributed by atoms with Gasteiger partial charge in [0, 0.05) is 18.4 Å². The number of rotatable bonds is 6. The maximum absolute atomic E-state index is 10.7. The van der Waals surface area contributed by atoms with Crippen LogP contribution in [0.3, 0.4) is 0 Å². The number of carbonyl (C=O) groups excluding carboxylic acids is 1. The average Bonchev–Trinajstić information content (AvgIpc) is 1.95. The highest BCUT2D eigenvalue weighted by atomic mass is 16.1. The molecule has 0 atom stereocenters. The van der Waals surface area contributed by atoms with E-state index in [2.05, 4.69) is 11.2 Å². The fourth-order valence-corrected chi connectivity index (χ4v) is 1.12. The van der Waals surface area contributed by atoms with Gasteiger partial charge in [0.05, 0.1) is 0 Å². The van der Waals surface area contributed by atoms with Gasteiger partial charge < -0.3 is 11.1 Å². The van der Waals surface area contributed by atoms with Gasteiger partial charge in [-0.15, -0.1) is 12.3 Å². The first-order valence-electron chi connectivity index (χ1n) is 4.45. The van der Waals surface area contributed by atoms with E-state index < -0.39 is 0 Å². The number of carbonyl (C=O) groups is 1. The molecule has 0 unspecified atom stereocenters. The molecule has 0 aliphatic heterocycles. The summed E-state index contributed by atoms with van der Waals surface area (Å²) in [7, 11) is 0. The second-order valence-corrected chi connectivity index (χ2v) is 3.76. The summed E-state index contributed by atoms with van der Waals surface area (Å²) in [5.74, 6) is 2.28. The van der Waals surface area contributed by atoms with E-state index in [4.69, 9.17) is 12.2 Å². The molecule has 0 heterocycles. The third-order valence-corrected chi connectivity index (χ3v) is 1.72. The summed E-state index contributed by atoms with van der Waals surface area (Å²) >= 11 is 0. The molecule has 0 bridgehead atoms. The zero-order valence-corrected chi connectivity index (χ0v) is 8.39. The maximum atomic E-state index is 10.7. The molecule has 0 aliphatic rings. The summed E-state index contributed by atoms with van der Waals surface area (Å²) < 4.78 is 0. The van der Waals surface area contributed by atoms with Crippen molar-refractivity contribution in [1.29, 1.82) is 0 Å². The third kappa shape index (κ3) is 7.35. The Labute approximate surface area is 80.1 Å². The molecule has 0 spiro atoms. The monoisotopic (exact) mass is 182 g/mol. The zero-order chi connectivity index (χ0) is 10.3. The Kier molecular flexibility index (Phi) is 5.17. The molecule has 0 aromatic carbocycles. The Morgan fingerprint density at radius 1 is 1.62 bits per heavy atom. The first-order valence-corrected chi connectivity index (χ1v) is 4.45. The summed E-state index contributed by atoms with van der Waals surface area (Å²) in [6.45, 7) is 4.73. The van der Waals surface area contributed by atoms with Crippen LogP contribution in [0, 0.1) is 12.3 Å². The van der Waals surface area contributed by atoms with Crippen LogP contribution in [0.1, 0.15) is 33.1 Å². The number of primary amides is 1. The van der Waals surface area contributed by atoms with Crippen LogP contribution in [0.25, 0.3) is 0 Å². The van der Waals surface area contributed by atoms with Gasteiger partial charge >= 0.3 is 0 Å². The Hall–Kier alpha value is -1.01. The molecule has 0 radical (unpaired) electrons. The largest absolute Gasteiger partial charge is 0.370 e. The van der Waals surface area contributed by atoms with Crippen molar-refractivity contribution in [3.05, 3.63) is 0 Å². The Balaban J connectivity index is 3.64. The van der Waals surface area contributed by atoms with E-state index >= 15 is 0 Å². The Morgan fingerprint density at radius 2 is 2.23 bits per heavy atom. The van der Waals surface area contributed by atoms with Crippen molar-refractivity contribution < 1.29 is 4.79 Å². The number of nitrogens with two attached hydrogens (primary N) is 1. The summed E-state index contributed by atoms with van der Waals surface area (Å²) in [4.78, 5) is 10.7. The molecule has 1 amide bonds. The Bertz CT molecular complexity index is 203. The number of hydrogen-bond donors (Lipinski definition) is 2. The van der Waals surface area contributed by atoms with Crippen LogP contribution in [-0.4, -0.2) is 18.0 Å². The van der Waals surface area contributed by atoms with Gasteiger partial charge in [0.1, 0.15) is 0 Å².